The van der Waals surface area contributed by atoms with Gasteiger partial charge in [-0.05, 0) is 23.8 Å². The van der Waals surface area contributed by atoms with E-state index in [0.29, 0.717) is 0 Å². The second kappa shape index (κ2) is 5.10. The normalized spacial score (nSPS) is 20.6. The number of epoxide rings is 1. The van der Waals surface area contributed by atoms with E-state index < -0.39 is 0 Å². The second-order valence-electron chi connectivity index (χ2n) is 5.28. The Bertz CT molecular complexity index is 838. The zero-order chi connectivity index (χ0) is 14.2. The van der Waals surface area contributed by atoms with Gasteiger partial charge in [0.15, 0.2) is 5.43 Å². The summed E-state index contributed by atoms with van der Waals surface area (Å²) in [5.41, 5.74) is 1.33. The van der Waals surface area contributed by atoms with Crippen molar-refractivity contribution in [3.8, 4) is 0 Å². The fourth-order valence-corrected chi connectivity index (χ4v) is 3.81. The fourth-order valence-electron chi connectivity index (χ4n) is 2.69. The minimum atomic E-state index is 0.108. The summed E-state index contributed by atoms with van der Waals surface area (Å²) < 4.78 is 6.82. The van der Waals surface area contributed by atoms with Crippen LogP contribution in [0.25, 0.3) is 10.1 Å². The molecule has 0 radical (unpaired) electrons. The van der Waals surface area contributed by atoms with Gasteiger partial charge in [0.2, 0.25) is 0 Å². The standard InChI is InChI=1S/C18H14O2S/c19-15-10-13(21-17-9-5-4-8-14(15)17)11-16-18(20-16)12-6-2-1-3-7-12/h1-10,16,18H,11H2. The number of ether oxygens (including phenoxy) is 1. The van der Waals surface area contributed by atoms with Crippen molar-refractivity contribution in [2.45, 2.75) is 18.6 Å². The first kappa shape index (κ1) is 12.7. The van der Waals surface area contributed by atoms with E-state index >= 15 is 0 Å². The van der Waals surface area contributed by atoms with Crippen LogP contribution >= 0.6 is 11.3 Å². The number of benzene rings is 2. The Labute approximate surface area is 126 Å². The summed E-state index contributed by atoms with van der Waals surface area (Å²) in [5.74, 6) is 0. The van der Waals surface area contributed by atoms with Crippen molar-refractivity contribution in [1.82, 2.24) is 0 Å². The fraction of sp³-hybridized carbons (Fsp3) is 0.167. The topological polar surface area (TPSA) is 29.6 Å². The number of hydrogen-bond donors (Lipinski definition) is 0. The van der Waals surface area contributed by atoms with Gasteiger partial charge in [-0.1, -0.05) is 42.5 Å². The molecule has 3 aromatic rings. The highest BCUT2D eigenvalue weighted by Gasteiger charge is 2.40. The van der Waals surface area contributed by atoms with Gasteiger partial charge in [-0.2, -0.15) is 0 Å². The van der Waals surface area contributed by atoms with Crippen LogP contribution in [-0.2, 0) is 11.2 Å². The Hall–Kier alpha value is -1.97. The van der Waals surface area contributed by atoms with Gasteiger partial charge in [-0.3, -0.25) is 4.79 Å². The molecule has 4 rings (SSSR count). The van der Waals surface area contributed by atoms with Crippen LogP contribution < -0.4 is 5.43 Å². The highest BCUT2D eigenvalue weighted by Crippen LogP contribution is 2.41. The third-order valence-corrected chi connectivity index (χ3v) is 4.92. The molecular formula is C18H14O2S. The van der Waals surface area contributed by atoms with Crippen molar-refractivity contribution in [2.24, 2.45) is 0 Å². The van der Waals surface area contributed by atoms with Crippen molar-refractivity contribution in [1.29, 1.82) is 0 Å². The van der Waals surface area contributed by atoms with Gasteiger partial charge in [-0.25, -0.2) is 0 Å². The molecule has 1 aliphatic heterocycles. The SMILES string of the molecule is O=c1cc(CC2OC2c2ccccc2)sc2ccccc12. The van der Waals surface area contributed by atoms with Crippen LogP contribution in [0.5, 0.6) is 0 Å². The summed E-state index contributed by atoms with van der Waals surface area (Å²) in [4.78, 5) is 13.2. The maximum absolute atomic E-state index is 12.1. The molecule has 2 aromatic carbocycles. The molecule has 2 heterocycles. The first-order valence-electron chi connectivity index (χ1n) is 7.03. The van der Waals surface area contributed by atoms with Crippen LogP contribution in [0.1, 0.15) is 16.5 Å². The molecule has 1 fully saturated rings. The van der Waals surface area contributed by atoms with E-state index in [-0.39, 0.29) is 17.6 Å². The molecule has 2 atom stereocenters. The lowest BCUT2D eigenvalue weighted by atomic mass is 10.1. The Morgan fingerprint density at radius 1 is 1.00 bits per heavy atom. The summed E-state index contributed by atoms with van der Waals surface area (Å²) in [5, 5.41) is 0.808. The lowest BCUT2D eigenvalue weighted by Crippen LogP contribution is -2.02. The summed E-state index contributed by atoms with van der Waals surface area (Å²) in [6, 6.07) is 19.8. The van der Waals surface area contributed by atoms with E-state index in [9.17, 15) is 4.79 Å². The molecule has 21 heavy (non-hydrogen) atoms. The van der Waals surface area contributed by atoms with Crippen LogP contribution in [0.2, 0.25) is 0 Å². The Morgan fingerprint density at radius 2 is 1.76 bits per heavy atom. The molecule has 1 aliphatic rings. The summed E-state index contributed by atoms with van der Waals surface area (Å²) in [6.07, 6.45) is 1.19. The van der Waals surface area contributed by atoms with Gasteiger partial charge < -0.3 is 4.74 Å². The highest BCUT2D eigenvalue weighted by molar-refractivity contribution is 7.18. The molecule has 0 aliphatic carbocycles. The zero-order valence-corrected chi connectivity index (χ0v) is 12.2. The smallest absolute Gasteiger partial charge is 0.188 e. The van der Waals surface area contributed by atoms with E-state index in [4.69, 9.17) is 4.74 Å². The monoisotopic (exact) mass is 294 g/mol. The molecule has 1 saturated heterocycles. The Kier molecular flexibility index (Phi) is 3.09. The summed E-state index contributed by atoms with van der Waals surface area (Å²) in [7, 11) is 0. The van der Waals surface area contributed by atoms with Gasteiger partial charge >= 0.3 is 0 Å². The van der Waals surface area contributed by atoms with Gasteiger partial charge in [-0.15, -0.1) is 11.3 Å². The maximum Gasteiger partial charge on any atom is 0.188 e. The predicted molar refractivity (Wildman–Crippen MR) is 85.9 cm³/mol. The first-order valence-corrected chi connectivity index (χ1v) is 7.85. The van der Waals surface area contributed by atoms with Gasteiger partial charge in [0.05, 0.1) is 6.10 Å². The maximum atomic E-state index is 12.1. The molecule has 2 nitrogen and oxygen atoms in total. The molecule has 1 aromatic heterocycles. The molecular weight excluding hydrogens is 280 g/mol. The molecule has 0 bridgehead atoms. The van der Waals surface area contributed by atoms with E-state index in [1.807, 2.05) is 42.5 Å². The number of fused-ring (bicyclic) bond motifs is 1. The van der Waals surface area contributed by atoms with Crippen molar-refractivity contribution in [3.05, 3.63) is 81.3 Å². The molecule has 3 heteroatoms. The third kappa shape index (κ3) is 2.50. The van der Waals surface area contributed by atoms with Gasteiger partial charge in [0, 0.05) is 21.4 Å². The number of rotatable bonds is 3. The van der Waals surface area contributed by atoms with Crippen LogP contribution in [0.15, 0.2) is 65.5 Å². The third-order valence-electron chi connectivity index (χ3n) is 3.80. The lowest BCUT2D eigenvalue weighted by molar-refractivity contribution is 0.373. The van der Waals surface area contributed by atoms with Crippen LogP contribution in [0.3, 0.4) is 0 Å². The Morgan fingerprint density at radius 3 is 2.62 bits per heavy atom. The van der Waals surface area contributed by atoms with E-state index in [0.717, 1.165) is 21.4 Å². The molecule has 104 valence electrons. The average molecular weight is 294 g/mol. The minimum Gasteiger partial charge on any atom is -0.364 e. The molecule has 0 spiro atoms. The van der Waals surface area contributed by atoms with Crippen LogP contribution in [0.4, 0.5) is 0 Å². The highest BCUT2D eigenvalue weighted by atomic mass is 32.1. The van der Waals surface area contributed by atoms with E-state index in [1.165, 1.54) is 5.56 Å². The van der Waals surface area contributed by atoms with Crippen LogP contribution in [0, 0.1) is 0 Å². The Balaban J connectivity index is 1.58. The van der Waals surface area contributed by atoms with E-state index in [2.05, 4.69) is 12.1 Å². The second-order valence-corrected chi connectivity index (χ2v) is 6.45. The quantitative estimate of drug-likeness (QED) is 0.685. The van der Waals surface area contributed by atoms with Crippen LogP contribution in [-0.4, -0.2) is 6.10 Å². The van der Waals surface area contributed by atoms with Crippen molar-refractivity contribution in [3.63, 3.8) is 0 Å². The summed E-state index contributed by atoms with van der Waals surface area (Å²) >= 11 is 1.69. The minimum absolute atomic E-state index is 0.108. The molecule has 2 unspecified atom stereocenters. The van der Waals surface area contributed by atoms with Crippen molar-refractivity contribution >= 4 is 21.4 Å². The van der Waals surface area contributed by atoms with Gasteiger partial charge in [0.25, 0.3) is 0 Å². The predicted octanol–water partition coefficient (Wildman–Crippen LogP) is 3.94. The van der Waals surface area contributed by atoms with Crippen molar-refractivity contribution in [2.75, 3.05) is 0 Å². The van der Waals surface area contributed by atoms with Gasteiger partial charge in [0.1, 0.15) is 6.10 Å². The molecule has 0 saturated carbocycles. The van der Waals surface area contributed by atoms with E-state index in [1.54, 1.807) is 17.4 Å². The molecule has 0 N–H and O–H groups in total. The largest absolute Gasteiger partial charge is 0.364 e. The number of hydrogen-bond acceptors (Lipinski definition) is 3. The lowest BCUT2D eigenvalue weighted by Gasteiger charge is -2.00. The average Bonchev–Trinajstić information content (AvgIpc) is 3.27. The van der Waals surface area contributed by atoms with Crippen molar-refractivity contribution < 1.29 is 4.74 Å². The zero-order valence-electron chi connectivity index (χ0n) is 11.4. The first-order chi connectivity index (χ1) is 10.3. The molecule has 0 amide bonds. The summed E-state index contributed by atoms with van der Waals surface area (Å²) in [6.45, 7) is 0.